The lowest BCUT2D eigenvalue weighted by molar-refractivity contribution is 0.445. The zero-order chi connectivity index (χ0) is 16.7. The van der Waals surface area contributed by atoms with Crippen LogP contribution in [0.15, 0.2) is 21.8 Å². The van der Waals surface area contributed by atoms with Gasteiger partial charge in [-0.2, -0.15) is 11.3 Å². The molecule has 1 atom stereocenters. The molecule has 0 aliphatic carbocycles. The summed E-state index contributed by atoms with van der Waals surface area (Å²) in [6.07, 6.45) is 0.731. The average Bonchev–Trinajstić information content (AvgIpc) is 3.14. The minimum atomic E-state index is -3.02. The number of hydrogen-bond acceptors (Lipinski definition) is 4. The first kappa shape index (κ1) is 18.2. The standard InChI is InChI=1S/C15H26N4O2S2/c1-3-16-15(18-11-13(2)14-5-9-22-12-14)17-6-8-19-7-4-10-23(19,20)21/h5,9,12-13H,3-4,6-8,10-11H2,1-2H3,(H2,16,17,18). The van der Waals surface area contributed by atoms with Gasteiger partial charge in [0.25, 0.3) is 0 Å². The van der Waals surface area contributed by atoms with Gasteiger partial charge in [-0.25, -0.2) is 12.7 Å². The number of aliphatic imine (C=N–C) groups is 1. The molecular weight excluding hydrogens is 332 g/mol. The van der Waals surface area contributed by atoms with Crippen molar-refractivity contribution in [3.05, 3.63) is 22.4 Å². The summed E-state index contributed by atoms with van der Waals surface area (Å²) in [4.78, 5) is 4.60. The Balaban J connectivity index is 1.82. The summed E-state index contributed by atoms with van der Waals surface area (Å²) in [6, 6.07) is 2.13. The van der Waals surface area contributed by atoms with Gasteiger partial charge in [0.2, 0.25) is 10.0 Å². The fourth-order valence-electron chi connectivity index (χ4n) is 2.47. The summed E-state index contributed by atoms with van der Waals surface area (Å²) in [5.41, 5.74) is 1.30. The van der Waals surface area contributed by atoms with Crippen LogP contribution < -0.4 is 10.6 Å². The van der Waals surface area contributed by atoms with Crippen molar-refractivity contribution in [3.63, 3.8) is 0 Å². The number of nitrogens with zero attached hydrogens (tertiary/aromatic N) is 2. The summed E-state index contributed by atoms with van der Waals surface area (Å²) in [5, 5.41) is 10.7. The molecule has 0 saturated carbocycles. The zero-order valence-corrected chi connectivity index (χ0v) is 15.4. The van der Waals surface area contributed by atoms with Gasteiger partial charge < -0.3 is 10.6 Å². The number of hydrogen-bond donors (Lipinski definition) is 2. The highest BCUT2D eigenvalue weighted by atomic mass is 32.2. The van der Waals surface area contributed by atoms with E-state index in [-0.39, 0.29) is 5.75 Å². The van der Waals surface area contributed by atoms with E-state index in [1.807, 2.05) is 6.92 Å². The minimum Gasteiger partial charge on any atom is -0.357 e. The van der Waals surface area contributed by atoms with Crippen molar-refractivity contribution in [3.8, 4) is 0 Å². The number of thiophene rings is 1. The third kappa shape index (κ3) is 5.47. The average molecular weight is 359 g/mol. The van der Waals surface area contributed by atoms with Crippen LogP contribution in [0.2, 0.25) is 0 Å². The van der Waals surface area contributed by atoms with E-state index in [0.29, 0.717) is 32.1 Å². The van der Waals surface area contributed by atoms with Gasteiger partial charge in [0.1, 0.15) is 0 Å². The molecule has 6 nitrogen and oxygen atoms in total. The van der Waals surface area contributed by atoms with Gasteiger partial charge in [0, 0.05) is 38.6 Å². The Morgan fingerprint density at radius 1 is 1.48 bits per heavy atom. The predicted octanol–water partition coefficient (Wildman–Crippen LogP) is 1.44. The lowest BCUT2D eigenvalue weighted by atomic mass is 10.1. The highest BCUT2D eigenvalue weighted by molar-refractivity contribution is 7.89. The molecule has 0 radical (unpaired) electrons. The molecule has 0 aromatic carbocycles. The number of guanidine groups is 1. The van der Waals surface area contributed by atoms with Crippen molar-refractivity contribution in [1.29, 1.82) is 0 Å². The molecule has 23 heavy (non-hydrogen) atoms. The van der Waals surface area contributed by atoms with E-state index in [9.17, 15) is 8.42 Å². The lowest BCUT2D eigenvalue weighted by Gasteiger charge is -2.17. The minimum absolute atomic E-state index is 0.277. The Morgan fingerprint density at radius 3 is 2.91 bits per heavy atom. The molecule has 1 aliphatic rings. The molecule has 130 valence electrons. The first-order chi connectivity index (χ1) is 11.0. The normalized spacial score (nSPS) is 19.7. The van der Waals surface area contributed by atoms with Crippen LogP contribution in [0, 0.1) is 0 Å². The highest BCUT2D eigenvalue weighted by Crippen LogP contribution is 2.18. The second-order valence-electron chi connectivity index (χ2n) is 5.67. The Bertz CT molecular complexity index is 599. The maximum absolute atomic E-state index is 11.8. The van der Waals surface area contributed by atoms with Gasteiger partial charge in [0.05, 0.1) is 5.75 Å². The highest BCUT2D eigenvalue weighted by Gasteiger charge is 2.27. The second-order valence-corrected chi connectivity index (χ2v) is 8.54. The van der Waals surface area contributed by atoms with Crippen LogP contribution in [0.25, 0.3) is 0 Å². The number of rotatable bonds is 7. The number of sulfonamides is 1. The van der Waals surface area contributed by atoms with Crippen LogP contribution in [0.1, 0.15) is 31.7 Å². The van der Waals surface area contributed by atoms with Crippen LogP contribution >= 0.6 is 11.3 Å². The van der Waals surface area contributed by atoms with Crippen molar-refractivity contribution >= 4 is 27.3 Å². The molecule has 1 unspecified atom stereocenters. The van der Waals surface area contributed by atoms with Gasteiger partial charge >= 0.3 is 0 Å². The smallest absolute Gasteiger partial charge is 0.214 e. The van der Waals surface area contributed by atoms with E-state index < -0.39 is 10.0 Å². The van der Waals surface area contributed by atoms with Crippen LogP contribution in [-0.4, -0.2) is 57.2 Å². The SMILES string of the molecule is CCNC(=NCC(C)c1ccsc1)NCCN1CCCS1(=O)=O. The molecule has 8 heteroatoms. The largest absolute Gasteiger partial charge is 0.357 e. The number of nitrogens with one attached hydrogen (secondary N) is 2. The Labute approximate surface area is 143 Å². The first-order valence-electron chi connectivity index (χ1n) is 8.05. The quantitative estimate of drug-likeness (QED) is 0.571. The molecule has 1 saturated heterocycles. The summed E-state index contributed by atoms with van der Waals surface area (Å²) < 4.78 is 25.1. The summed E-state index contributed by atoms with van der Waals surface area (Å²) in [5.74, 6) is 1.39. The van der Waals surface area contributed by atoms with E-state index in [2.05, 4.69) is 39.4 Å². The zero-order valence-electron chi connectivity index (χ0n) is 13.8. The molecule has 0 spiro atoms. The van der Waals surface area contributed by atoms with E-state index in [1.54, 1.807) is 15.6 Å². The molecule has 1 aromatic heterocycles. The molecule has 1 aliphatic heterocycles. The van der Waals surface area contributed by atoms with Crippen LogP contribution in [0.4, 0.5) is 0 Å². The van der Waals surface area contributed by atoms with E-state index in [4.69, 9.17) is 0 Å². The molecule has 0 amide bonds. The van der Waals surface area contributed by atoms with Gasteiger partial charge in [-0.1, -0.05) is 6.92 Å². The van der Waals surface area contributed by atoms with E-state index in [0.717, 1.165) is 18.9 Å². The maximum atomic E-state index is 11.8. The molecule has 0 bridgehead atoms. The molecule has 2 heterocycles. The summed E-state index contributed by atoms with van der Waals surface area (Å²) in [6.45, 7) is 7.35. The van der Waals surface area contributed by atoms with Crippen molar-refractivity contribution in [2.45, 2.75) is 26.2 Å². The first-order valence-corrected chi connectivity index (χ1v) is 10.6. The lowest BCUT2D eigenvalue weighted by Crippen LogP contribution is -2.42. The van der Waals surface area contributed by atoms with E-state index in [1.165, 1.54) is 5.56 Å². The second kappa shape index (κ2) is 8.65. The predicted molar refractivity (Wildman–Crippen MR) is 96.7 cm³/mol. The van der Waals surface area contributed by atoms with Crippen LogP contribution in [-0.2, 0) is 10.0 Å². The molecular formula is C15H26N4O2S2. The van der Waals surface area contributed by atoms with Gasteiger partial charge in [-0.3, -0.25) is 4.99 Å². The van der Waals surface area contributed by atoms with Crippen molar-refractivity contribution in [2.24, 2.45) is 4.99 Å². The fraction of sp³-hybridized carbons (Fsp3) is 0.667. The third-order valence-electron chi connectivity index (χ3n) is 3.84. The van der Waals surface area contributed by atoms with Crippen LogP contribution in [0.3, 0.4) is 0 Å². The Kier molecular flexibility index (Phi) is 6.86. The molecule has 1 fully saturated rings. The third-order valence-corrected chi connectivity index (χ3v) is 6.49. The molecule has 2 rings (SSSR count). The van der Waals surface area contributed by atoms with Gasteiger partial charge in [-0.15, -0.1) is 0 Å². The topological polar surface area (TPSA) is 73.8 Å². The van der Waals surface area contributed by atoms with Crippen molar-refractivity contribution < 1.29 is 8.42 Å². The van der Waals surface area contributed by atoms with Gasteiger partial charge in [0.15, 0.2) is 5.96 Å². The summed E-state index contributed by atoms with van der Waals surface area (Å²) >= 11 is 1.70. The van der Waals surface area contributed by atoms with Crippen molar-refractivity contribution in [1.82, 2.24) is 14.9 Å². The molecule has 2 N–H and O–H groups in total. The Morgan fingerprint density at radius 2 is 2.30 bits per heavy atom. The fourth-order valence-corrected chi connectivity index (χ4v) is 4.78. The maximum Gasteiger partial charge on any atom is 0.214 e. The van der Waals surface area contributed by atoms with Crippen LogP contribution in [0.5, 0.6) is 0 Å². The Hall–Kier alpha value is -1.12. The summed E-state index contributed by atoms with van der Waals surface area (Å²) in [7, 11) is -3.02. The van der Waals surface area contributed by atoms with E-state index >= 15 is 0 Å². The van der Waals surface area contributed by atoms with Gasteiger partial charge in [-0.05, 0) is 35.7 Å². The molecule has 1 aromatic rings. The monoisotopic (exact) mass is 358 g/mol. The van der Waals surface area contributed by atoms with Crippen molar-refractivity contribution in [2.75, 3.05) is 38.5 Å².